The van der Waals surface area contributed by atoms with E-state index in [2.05, 4.69) is 10.3 Å². The van der Waals surface area contributed by atoms with Crippen molar-refractivity contribution in [1.29, 1.82) is 0 Å². The predicted octanol–water partition coefficient (Wildman–Crippen LogP) is 3.10. The molecule has 140 valence electrons. The SMILES string of the molecule is CC(O)(CN=C(N)Nc1ccc2c(c1)OCCCO2)c1ccccc1.I. The first-order valence-electron chi connectivity index (χ1n) is 8.29. The van der Waals surface area contributed by atoms with E-state index < -0.39 is 5.60 Å². The van der Waals surface area contributed by atoms with Gasteiger partial charge in [0.1, 0.15) is 5.60 Å². The third-order valence-corrected chi connectivity index (χ3v) is 3.97. The number of aliphatic hydroxyl groups is 1. The molecular weight excluding hydrogens is 445 g/mol. The summed E-state index contributed by atoms with van der Waals surface area (Å²) in [5.74, 6) is 1.64. The van der Waals surface area contributed by atoms with Crippen LogP contribution in [0.2, 0.25) is 0 Å². The molecule has 0 saturated heterocycles. The fraction of sp³-hybridized carbons (Fsp3) is 0.316. The molecule has 0 radical (unpaired) electrons. The van der Waals surface area contributed by atoms with Gasteiger partial charge in [0.05, 0.1) is 19.8 Å². The van der Waals surface area contributed by atoms with E-state index in [-0.39, 0.29) is 36.5 Å². The lowest BCUT2D eigenvalue weighted by atomic mass is 9.96. The molecule has 7 heteroatoms. The van der Waals surface area contributed by atoms with Crippen molar-refractivity contribution in [2.45, 2.75) is 18.9 Å². The number of nitrogens with zero attached hydrogens (tertiary/aromatic N) is 1. The molecule has 26 heavy (non-hydrogen) atoms. The summed E-state index contributed by atoms with van der Waals surface area (Å²) in [6.45, 7) is 3.14. The second kappa shape index (κ2) is 9.09. The van der Waals surface area contributed by atoms with Crippen LogP contribution in [0, 0.1) is 0 Å². The van der Waals surface area contributed by atoms with Gasteiger partial charge in [-0.05, 0) is 24.6 Å². The van der Waals surface area contributed by atoms with Crippen molar-refractivity contribution in [3.63, 3.8) is 0 Å². The van der Waals surface area contributed by atoms with Crippen molar-refractivity contribution in [2.75, 3.05) is 25.1 Å². The van der Waals surface area contributed by atoms with E-state index in [0.29, 0.717) is 19.0 Å². The van der Waals surface area contributed by atoms with Crippen LogP contribution in [0.3, 0.4) is 0 Å². The number of ether oxygens (including phenoxy) is 2. The largest absolute Gasteiger partial charge is 0.490 e. The number of aliphatic imine (C=N–C) groups is 1. The number of rotatable bonds is 4. The number of anilines is 1. The highest BCUT2D eigenvalue weighted by atomic mass is 127. The van der Waals surface area contributed by atoms with E-state index in [1.165, 1.54) is 0 Å². The fourth-order valence-electron chi connectivity index (χ4n) is 2.56. The summed E-state index contributed by atoms with van der Waals surface area (Å²) in [4.78, 5) is 4.26. The molecule has 2 aromatic carbocycles. The minimum atomic E-state index is -1.09. The zero-order valence-corrected chi connectivity index (χ0v) is 17.0. The van der Waals surface area contributed by atoms with Crippen LogP contribution in [-0.4, -0.2) is 30.8 Å². The summed E-state index contributed by atoms with van der Waals surface area (Å²) in [6.07, 6.45) is 0.857. The van der Waals surface area contributed by atoms with Gasteiger partial charge in [-0.15, -0.1) is 24.0 Å². The number of fused-ring (bicyclic) bond motifs is 1. The van der Waals surface area contributed by atoms with Gasteiger partial charge in [0, 0.05) is 18.2 Å². The first kappa shape index (κ1) is 20.3. The number of hydrogen-bond acceptors (Lipinski definition) is 4. The Morgan fingerprint density at radius 2 is 1.85 bits per heavy atom. The molecule has 0 saturated carbocycles. The molecule has 0 spiro atoms. The van der Waals surface area contributed by atoms with Gasteiger partial charge in [-0.2, -0.15) is 0 Å². The van der Waals surface area contributed by atoms with Crippen LogP contribution in [0.1, 0.15) is 18.9 Å². The summed E-state index contributed by atoms with van der Waals surface area (Å²) in [5, 5.41) is 13.6. The Hall–Kier alpha value is -2.00. The molecule has 1 unspecified atom stereocenters. The molecule has 0 aliphatic carbocycles. The van der Waals surface area contributed by atoms with Crippen molar-refractivity contribution in [3.8, 4) is 11.5 Å². The molecule has 1 atom stereocenters. The average molecular weight is 469 g/mol. The molecular formula is C19H24IN3O3. The Morgan fingerprint density at radius 3 is 2.58 bits per heavy atom. The molecule has 0 amide bonds. The third kappa shape index (κ3) is 5.25. The topological polar surface area (TPSA) is 89.1 Å². The lowest BCUT2D eigenvalue weighted by Crippen LogP contribution is -2.29. The summed E-state index contributed by atoms with van der Waals surface area (Å²) in [6, 6.07) is 14.9. The summed E-state index contributed by atoms with van der Waals surface area (Å²) >= 11 is 0. The number of hydrogen-bond donors (Lipinski definition) is 3. The van der Waals surface area contributed by atoms with Gasteiger partial charge in [0.2, 0.25) is 0 Å². The molecule has 0 aromatic heterocycles. The lowest BCUT2D eigenvalue weighted by Gasteiger charge is -2.21. The molecule has 0 bridgehead atoms. The van der Waals surface area contributed by atoms with Crippen molar-refractivity contribution in [1.82, 2.24) is 0 Å². The van der Waals surface area contributed by atoms with Gasteiger partial charge in [-0.3, -0.25) is 0 Å². The highest BCUT2D eigenvalue weighted by molar-refractivity contribution is 14.0. The third-order valence-electron chi connectivity index (χ3n) is 3.97. The number of nitrogens with one attached hydrogen (secondary N) is 1. The normalized spacial score (nSPS) is 16.0. The van der Waals surface area contributed by atoms with Gasteiger partial charge >= 0.3 is 0 Å². The lowest BCUT2D eigenvalue weighted by molar-refractivity contribution is 0.0674. The quantitative estimate of drug-likeness (QED) is 0.364. The van der Waals surface area contributed by atoms with Crippen molar-refractivity contribution in [2.24, 2.45) is 10.7 Å². The van der Waals surface area contributed by atoms with Crippen LogP contribution in [0.15, 0.2) is 53.5 Å². The van der Waals surface area contributed by atoms with Gasteiger partial charge in [0.25, 0.3) is 0 Å². The smallest absolute Gasteiger partial charge is 0.193 e. The molecule has 4 N–H and O–H groups in total. The van der Waals surface area contributed by atoms with E-state index >= 15 is 0 Å². The second-order valence-corrected chi connectivity index (χ2v) is 6.18. The van der Waals surface area contributed by atoms with Crippen molar-refractivity contribution >= 4 is 35.6 Å². The summed E-state index contributed by atoms with van der Waals surface area (Å²) < 4.78 is 11.3. The number of nitrogens with two attached hydrogens (primary N) is 1. The van der Waals surface area contributed by atoms with Crippen molar-refractivity contribution in [3.05, 3.63) is 54.1 Å². The molecule has 1 aliphatic rings. The zero-order valence-electron chi connectivity index (χ0n) is 14.6. The van der Waals surface area contributed by atoms with Crippen molar-refractivity contribution < 1.29 is 14.6 Å². The van der Waals surface area contributed by atoms with E-state index in [1.807, 2.05) is 48.5 Å². The monoisotopic (exact) mass is 469 g/mol. The van der Waals surface area contributed by atoms with Gasteiger partial charge in [0.15, 0.2) is 17.5 Å². The minimum Gasteiger partial charge on any atom is -0.490 e. The van der Waals surface area contributed by atoms with Crippen LogP contribution in [0.25, 0.3) is 0 Å². The summed E-state index contributed by atoms with van der Waals surface area (Å²) in [5.41, 5.74) is 6.42. The number of guanidine groups is 1. The Kier molecular flexibility index (Phi) is 7.10. The number of halogens is 1. The maximum atomic E-state index is 10.6. The molecule has 6 nitrogen and oxygen atoms in total. The van der Waals surface area contributed by atoms with Crippen LogP contribution < -0.4 is 20.5 Å². The standard InChI is InChI=1S/C19H23N3O3.HI/c1-19(23,14-6-3-2-4-7-14)13-21-18(20)22-15-8-9-16-17(12-15)25-11-5-10-24-16;/h2-4,6-9,12,23H,5,10-11,13H2,1H3,(H3,20,21,22);1H. The van der Waals surface area contributed by atoms with E-state index in [0.717, 1.165) is 23.4 Å². The molecule has 0 fully saturated rings. The fourth-order valence-corrected chi connectivity index (χ4v) is 2.56. The molecule has 1 heterocycles. The minimum absolute atomic E-state index is 0. The maximum Gasteiger partial charge on any atom is 0.193 e. The Labute approximate surface area is 170 Å². The Bertz CT molecular complexity index is 751. The number of benzene rings is 2. The maximum absolute atomic E-state index is 10.6. The predicted molar refractivity (Wildman–Crippen MR) is 114 cm³/mol. The second-order valence-electron chi connectivity index (χ2n) is 6.18. The Morgan fingerprint density at radius 1 is 1.15 bits per heavy atom. The first-order valence-corrected chi connectivity index (χ1v) is 8.29. The molecule has 2 aromatic rings. The zero-order chi connectivity index (χ0) is 17.7. The highest BCUT2D eigenvalue weighted by Crippen LogP contribution is 2.32. The van der Waals surface area contributed by atoms with Crippen LogP contribution in [0.5, 0.6) is 11.5 Å². The van der Waals surface area contributed by atoms with E-state index in [1.54, 1.807) is 6.92 Å². The Balaban J connectivity index is 0.00000243. The van der Waals surface area contributed by atoms with Crippen LogP contribution in [-0.2, 0) is 5.60 Å². The van der Waals surface area contributed by atoms with Gasteiger partial charge in [-0.25, -0.2) is 4.99 Å². The van der Waals surface area contributed by atoms with E-state index in [4.69, 9.17) is 15.2 Å². The van der Waals surface area contributed by atoms with Gasteiger partial charge < -0.3 is 25.6 Å². The van der Waals surface area contributed by atoms with Crippen LogP contribution >= 0.6 is 24.0 Å². The van der Waals surface area contributed by atoms with Gasteiger partial charge in [-0.1, -0.05) is 30.3 Å². The molecule has 1 aliphatic heterocycles. The first-order chi connectivity index (χ1) is 12.0. The van der Waals surface area contributed by atoms with Crippen LogP contribution in [0.4, 0.5) is 5.69 Å². The highest BCUT2D eigenvalue weighted by Gasteiger charge is 2.22. The summed E-state index contributed by atoms with van der Waals surface area (Å²) in [7, 11) is 0. The van der Waals surface area contributed by atoms with E-state index in [9.17, 15) is 5.11 Å². The average Bonchev–Trinajstić information content (AvgIpc) is 2.86. The molecule has 3 rings (SSSR count).